The molecule has 0 aliphatic rings. The summed E-state index contributed by atoms with van der Waals surface area (Å²) < 4.78 is 13.3. The molecule has 0 aromatic heterocycles. The Balaban J connectivity index is 2.74. The quantitative estimate of drug-likeness (QED) is 0.798. The Morgan fingerprint density at radius 3 is 2.53 bits per heavy atom. The predicted octanol–water partition coefficient (Wildman–Crippen LogP) is 1.71. The molecule has 1 aromatic carbocycles. The number of nitrogen functional groups attached to an aromatic ring is 1. The van der Waals surface area contributed by atoms with Crippen LogP contribution in [0.15, 0.2) is 18.2 Å². The van der Waals surface area contributed by atoms with E-state index in [0.29, 0.717) is 18.8 Å². The Kier molecular flexibility index (Phi) is 5.76. The van der Waals surface area contributed by atoms with Crippen molar-refractivity contribution in [1.29, 1.82) is 0 Å². The summed E-state index contributed by atoms with van der Waals surface area (Å²) in [5.41, 5.74) is 6.82. The molecule has 0 heterocycles. The topological polar surface area (TPSA) is 49.6 Å². The molecule has 106 valence electrons. The van der Waals surface area contributed by atoms with Crippen LogP contribution in [0.1, 0.15) is 18.9 Å². The summed E-state index contributed by atoms with van der Waals surface area (Å²) in [6.07, 6.45) is 0.936. The maximum atomic E-state index is 13.3. The first-order chi connectivity index (χ1) is 8.92. The Hall–Kier alpha value is -1.62. The number of nitrogens with two attached hydrogens (primary N) is 1. The number of amides is 1. The zero-order chi connectivity index (χ0) is 14.4. The van der Waals surface area contributed by atoms with E-state index in [2.05, 4.69) is 0 Å². The van der Waals surface area contributed by atoms with Gasteiger partial charge in [-0.05, 0) is 36.7 Å². The molecule has 0 atom stereocenters. The summed E-state index contributed by atoms with van der Waals surface area (Å²) >= 11 is 0. The van der Waals surface area contributed by atoms with Crippen LogP contribution in [0.2, 0.25) is 0 Å². The molecule has 0 spiro atoms. The number of halogens is 1. The number of likely N-dealkylation sites (N-methyl/N-ethyl adjacent to an activating group) is 1. The number of carbonyl (C=O) groups is 1. The smallest absolute Gasteiger partial charge is 0.236 e. The maximum absolute atomic E-state index is 13.3. The first-order valence-corrected chi connectivity index (χ1v) is 6.39. The van der Waals surface area contributed by atoms with Crippen LogP contribution in [0, 0.1) is 5.82 Å². The van der Waals surface area contributed by atoms with Gasteiger partial charge in [0.05, 0.1) is 6.54 Å². The Labute approximate surface area is 114 Å². The van der Waals surface area contributed by atoms with Gasteiger partial charge in [-0.3, -0.25) is 9.69 Å². The molecule has 1 amide bonds. The van der Waals surface area contributed by atoms with Gasteiger partial charge in [0.15, 0.2) is 0 Å². The number of carbonyl (C=O) groups excluding carboxylic acids is 1. The minimum atomic E-state index is -0.342. The van der Waals surface area contributed by atoms with Crippen LogP contribution in [0.4, 0.5) is 10.1 Å². The number of hydrogen-bond acceptors (Lipinski definition) is 3. The highest BCUT2D eigenvalue weighted by Gasteiger charge is 2.12. The van der Waals surface area contributed by atoms with Crippen molar-refractivity contribution in [3.05, 3.63) is 29.6 Å². The first-order valence-electron chi connectivity index (χ1n) is 6.39. The van der Waals surface area contributed by atoms with Crippen molar-refractivity contribution in [3.8, 4) is 0 Å². The Morgan fingerprint density at radius 2 is 2.00 bits per heavy atom. The zero-order valence-corrected chi connectivity index (χ0v) is 11.8. The van der Waals surface area contributed by atoms with Gasteiger partial charge in [0.1, 0.15) is 5.82 Å². The van der Waals surface area contributed by atoms with Gasteiger partial charge < -0.3 is 10.6 Å². The monoisotopic (exact) mass is 267 g/mol. The summed E-state index contributed by atoms with van der Waals surface area (Å²) in [6, 6.07) is 4.49. The number of nitrogens with zero attached hydrogens (tertiary/aromatic N) is 2. The molecule has 0 radical (unpaired) electrons. The molecule has 2 N–H and O–H groups in total. The van der Waals surface area contributed by atoms with E-state index in [1.807, 2.05) is 11.8 Å². The number of rotatable bonds is 6. The molecular weight excluding hydrogens is 245 g/mol. The van der Waals surface area contributed by atoms with E-state index in [-0.39, 0.29) is 11.7 Å². The zero-order valence-electron chi connectivity index (χ0n) is 11.8. The van der Waals surface area contributed by atoms with Crippen LogP contribution in [-0.4, -0.2) is 42.9 Å². The molecule has 4 nitrogen and oxygen atoms in total. The SMILES string of the molecule is CCCN(CC(=O)N(C)C)Cc1cc(N)cc(F)c1. The lowest BCUT2D eigenvalue weighted by Gasteiger charge is -2.23. The summed E-state index contributed by atoms with van der Waals surface area (Å²) in [4.78, 5) is 15.3. The molecule has 0 aliphatic carbocycles. The van der Waals surface area contributed by atoms with Crippen molar-refractivity contribution in [2.75, 3.05) is 32.9 Å². The molecule has 1 rings (SSSR count). The van der Waals surface area contributed by atoms with E-state index in [1.54, 1.807) is 25.1 Å². The molecule has 0 fully saturated rings. The average molecular weight is 267 g/mol. The standard InChI is InChI=1S/C14H22FN3O/c1-4-5-18(10-14(19)17(2)3)9-11-6-12(15)8-13(16)7-11/h6-8H,4-5,9-10,16H2,1-3H3. The first kappa shape index (κ1) is 15.4. The highest BCUT2D eigenvalue weighted by molar-refractivity contribution is 5.77. The van der Waals surface area contributed by atoms with Crippen LogP contribution in [0.5, 0.6) is 0 Å². The number of anilines is 1. The minimum absolute atomic E-state index is 0.0397. The van der Waals surface area contributed by atoms with E-state index >= 15 is 0 Å². The fourth-order valence-corrected chi connectivity index (χ4v) is 1.89. The molecule has 0 saturated carbocycles. The van der Waals surface area contributed by atoms with Gasteiger partial charge in [-0.15, -0.1) is 0 Å². The third-order valence-electron chi connectivity index (χ3n) is 2.78. The van der Waals surface area contributed by atoms with Crippen LogP contribution in [-0.2, 0) is 11.3 Å². The van der Waals surface area contributed by atoms with Crippen molar-refractivity contribution in [2.24, 2.45) is 0 Å². The van der Waals surface area contributed by atoms with Gasteiger partial charge in [0.2, 0.25) is 5.91 Å². The van der Waals surface area contributed by atoms with Gasteiger partial charge >= 0.3 is 0 Å². The van der Waals surface area contributed by atoms with Gasteiger partial charge in [-0.25, -0.2) is 4.39 Å². The number of hydrogen-bond donors (Lipinski definition) is 1. The Bertz CT molecular complexity index is 414. The van der Waals surface area contributed by atoms with Crippen LogP contribution in [0.25, 0.3) is 0 Å². The number of benzene rings is 1. The van der Waals surface area contributed by atoms with Crippen LogP contribution in [0.3, 0.4) is 0 Å². The molecule has 0 bridgehead atoms. The fraction of sp³-hybridized carbons (Fsp3) is 0.500. The van der Waals surface area contributed by atoms with Gasteiger partial charge in [0, 0.05) is 26.3 Å². The van der Waals surface area contributed by atoms with Gasteiger partial charge in [-0.1, -0.05) is 6.92 Å². The molecular formula is C14H22FN3O. The molecule has 5 heteroatoms. The highest BCUT2D eigenvalue weighted by Crippen LogP contribution is 2.13. The average Bonchev–Trinajstić information content (AvgIpc) is 2.27. The van der Waals surface area contributed by atoms with E-state index in [0.717, 1.165) is 18.5 Å². The van der Waals surface area contributed by atoms with E-state index < -0.39 is 0 Å². The van der Waals surface area contributed by atoms with E-state index in [1.165, 1.54) is 12.1 Å². The van der Waals surface area contributed by atoms with E-state index in [4.69, 9.17) is 5.73 Å². The van der Waals surface area contributed by atoms with Crippen molar-refractivity contribution in [3.63, 3.8) is 0 Å². The second-order valence-corrected chi connectivity index (χ2v) is 4.89. The lowest BCUT2D eigenvalue weighted by atomic mass is 10.1. The molecule has 19 heavy (non-hydrogen) atoms. The summed E-state index contributed by atoms with van der Waals surface area (Å²) in [7, 11) is 3.46. The third-order valence-corrected chi connectivity index (χ3v) is 2.78. The highest BCUT2D eigenvalue weighted by atomic mass is 19.1. The second-order valence-electron chi connectivity index (χ2n) is 4.89. The summed E-state index contributed by atoms with van der Waals surface area (Å²) in [6.45, 7) is 3.69. The Morgan fingerprint density at radius 1 is 1.32 bits per heavy atom. The van der Waals surface area contributed by atoms with Crippen molar-refractivity contribution < 1.29 is 9.18 Å². The molecule has 0 saturated heterocycles. The molecule has 1 aromatic rings. The summed E-state index contributed by atoms with van der Waals surface area (Å²) in [5, 5.41) is 0. The largest absolute Gasteiger partial charge is 0.399 e. The van der Waals surface area contributed by atoms with Crippen LogP contribution < -0.4 is 5.73 Å². The van der Waals surface area contributed by atoms with Crippen molar-refractivity contribution in [1.82, 2.24) is 9.80 Å². The normalized spacial score (nSPS) is 10.8. The lowest BCUT2D eigenvalue weighted by Crippen LogP contribution is -2.36. The van der Waals surface area contributed by atoms with E-state index in [9.17, 15) is 9.18 Å². The van der Waals surface area contributed by atoms with Crippen LogP contribution >= 0.6 is 0 Å². The maximum Gasteiger partial charge on any atom is 0.236 e. The molecule has 0 unspecified atom stereocenters. The van der Waals surface area contributed by atoms with Gasteiger partial charge in [-0.2, -0.15) is 0 Å². The summed E-state index contributed by atoms with van der Waals surface area (Å²) in [5.74, 6) is -0.303. The van der Waals surface area contributed by atoms with Crippen molar-refractivity contribution in [2.45, 2.75) is 19.9 Å². The fourth-order valence-electron chi connectivity index (χ4n) is 1.89. The predicted molar refractivity (Wildman–Crippen MR) is 75.1 cm³/mol. The molecule has 0 aliphatic heterocycles. The van der Waals surface area contributed by atoms with Gasteiger partial charge in [0.25, 0.3) is 0 Å². The lowest BCUT2D eigenvalue weighted by molar-refractivity contribution is -0.130. The second kappa shape index (κ2) is 7.09. The third kappa shape index (κ3) is 5.26. The van der Waals surface area contributed by atoms with Crippen molar-refractivity contribution >= 4 is 11.6 Å². The minimum Gasteiger partial charge on any atom is -0.399 e.